The highest BCUT2D eigenvalue weighted by Gasteiger charge is 2.28. The van der Waals surface area contributed by atoms with Gasteiger partial charge in [0.2, 0.25) is 0 Å². The standard InChI is InChI=1S/C48H78NO11P/c1-3-4-5-6-7-8-9-10-11-12-13-14-17-21-24-27-30-33-36-39-47(52)60-44(41-58-61(55,56)59-42-45(49)48(53)54)40-57-46(51)38-35-32-29-26-23-20-18-15-16-19-22-25-28-31-34-37-43(2)50/h7-8,10-11,13-14,16,18-21,24-26,28-29,43-45,50H,3-6,9,12,15,17,22-23,27,30-42,49H2,1-2H3,(H,53,54)(H,55,56)/b8-7-,11-10-,14-13-,19-16-,20-18-,24-21-,28-25-,29-26-/t43-,44-,45+/m1/s1. The Labute approximate surface area is 367 Å². The van der Waals surface area contributed by atoms with Gasteiger partial charge in [-0.15, -0.1) is 0 Å². The zero-order chi connectivity index (χ0) is 45.1. The molecule has 0 amide bonds. The molecule has 0 saturated carbocycles. The number of hydrogen-bond acceptors (Lipinski definition) is 10. The molecule has 61 heavy (non-hydrogen) atoms. The second-order valence-corrected chi connectivity index (χ2v) is 16.2. The molecule has 5 N–H and O–H groups in total. The fourth-order valence-electron chi connectivity index (χ4n) is 5.29. The van der Waals surface area contributed by atoms with Crippen molar-refractivity contribution in [3.05, 3.63) is 97.2 Å². The minimum absolute atomic E-state index is 0.0997. The summed E-state index contributed by atoms with van der Waals surface area (Å²) in [7, 11) is -4.75. The molecular formula is C48H78NO11P. The highest BCUT2D eigenvalue weighted by atomic mass is 31.2. The number of carboxylic acid groups (broad SMARTS) is 1. The van der Waals surface area contributed by atoms with Gasteiger partial charge in [0, 0.05) is 12.8 Å². The van der Waals surface area contributed by atoms with Crippen LogP contribution in [-0.2, 0) is 37.5 Å². The van der Waals surface area contributed by atoms with Crippen LogP contribution in [0.4, 0.5) is 0 Å². The number of carboxylic acids is 1. The second-order valence-electron chi connectivity index (χ2n) is 14.8. The van der Waals surface area contributed by atoms with Crippen molar-refractivity contribution in [3.8, 4) is 0 Å². The summed E-state index contributed by atoms with van der Waals surface area (Å²) < 4.78 is 32.6. The number of carbonyl (C=O) groups is 3. The van der Waals surface area contributed by atoms with E-state index in [2.05, 4.69) is 96.5 Å². The summed E-state index contributed by atoms with van der Waals surface area (Å²) in [5, 5.41) is 18.2. The van der Waals surface area contributed by atoms with Crippen molar-refractivity contribution >= 4 is 25.7 Å². The molecule has 0 rings (SSSR count). The number of esters is 2. The number of aliphatic hydroxyl groups is 1. The number of aliphatic hydroxyl groups excluding tert-OH is 1. The van der Waals surface area contributed by atoms with Crippen LogP contribution in [0.1, 0.15) is 149 Å². The maximum Gasteiger partial charge on any atom is 0.472 e. The largest absolute Gasteiger partial charge is 0.480 e. The third-order valence-electron chi connectivity index (χ3n) is 8.82. The number of unbranched alkanes of at least 4 members (excludes halogenated alkanes) is 8. The Balaban J connectivity index is 4.53. The molecule has 346 valence electrons. The molecule has 12 nitrogen and oxygen atoms in total. The van der Waals surface area contributed by atoms with Gasteiger partial charge in [-0.2, -0.15) is 0 Å². The van der Waals surface area contributed by atoms with E-state index in [9.17, 15) is 28.9 Å². The van der Waals surface area contributed by atoms with E-state index in [4.69, 9.17) is 24.8 Å². The van der Waals surface area contributed by atoms with Crippen molar-refractivity contribution in [3.63, 3.8) is 0 Å². The molecule has 0 aromatic heterocycles. The van der Waals surface area contributed by atoms with Gasteiger partial charge < -0.3 is 30.3 Å². The topological polar surface area (TPSA) is 192 Å². The lowest BCUT2D eigenvalue weighted by molar-refractivity contribution is -0.161. The van der Waals surface area contributed by atoms with Crippen LogP contribution in [0.3, 0.4) is 0 Å². The van der Waals surface area contributed by atoms with Crippen molar-refractivity contribution in [1.29, 1.82) is 0 Å². The molecule has 0 spiro atoms. The van der Waals surface area contributed by atoms with E-state index >= 15 is 0 Å². The molecule has 0 aromatic rings. The highest BCUT2D eigenvalue weighted by molar-refractivity contribution is 7.47. The van der Waals surface area contributed by atoms with Crippen LogP contribution in [0.15, 0.2) is 97.2 Å². The van der Waals surface area contributed by atoms with Gasteiger partial charge in [0.1, 0.15) is 12.6 Å². The van der Waals surface area contributed by atoms with Gasteiger partial charge in [-0.1, -0.05) is 123 Å². The Hall–Kier alpha value is -3.64. The molecule has 0 heterocycles. The highest BCUT2D eigenvalue weighted by Crippen LogP contribution is 2.43. The number of phosphoric acid groups is 1. The van der Waals surface area contributed by atoms with E-state index in [1.165, 1.54) is 19.3 Å². The predicted octanol–water partition coefficient (Wildman–Crippen LogP) is 11.0. The molecule has 0 aliphatic heterocycles. The first-order valence-electron chi connectivity index (χ1n) is 22.3. The molecule has 0 fully saturated rings. The summed E-state index contributed by atoms with van der Waals surface area (Å²) in [6.45, 7) is 2.21. The Bertz CT molecular complexity index is 1410. The van der Waals surface area contributed by atoms with Crippen LogP contribution < -0.4 is 5.73 Å². The predicted molar refractivity (Wildman–Crippen MR) is 246 cm³/mol. The maximum atomic E-state index is 12.6. The molecule has 4 atom stereocenters. The van der Waals surface area contributed by atoms with Crippen molar-refractivity contribution < 1.29 is 52.6 Å². The molecule has 0 bridgehead atoms. The number of allylic oxidation sites excluding steroid dienone is 16. The SMILES string of the molecule is CCCCC/C=C\C/C=C\C/C=C\C/C=C\CCCCCC(=O)O[C@H](COC(=O)CCC/C=C\C/C=C\C/C=C\C/C=C\CCC[C@@H](C)O)COP(=O)(O)OC[C@H](N)C(=O)O. The minimum atomic E-state index is -4.75. The van der Waals surface area contributed by atoms with E-state index in [-0.39, 0.29) is 18.9 Å². The Kier molecular flexibility index (Phi) is 39.2. The first-order chi connectivity index (χ1) is 29.5. The van der Waals surface area contributed by atoms with Gasteiger partial charge in [0.25, 0.3) is 0 Å². The molecule has 0 radical (unpaired) electrons. The third-order valence-corrected chi connectivity index (χ3v) is 9.77. The van der Waals surface area contributed by atoms with E-state index in [0.717, 1.165) is 83.5 Å². The monoisotopic (exact) mass is 876 g/mol. The van der Waals surface area contributed by atoms with Gasteiger partial charge >= 0.3 is 25.7 Å². The van der Waals surface area contributed by atoms with Crippen LogP contribution in [-0.4, -0.2) is 71.1 Å². The second kappa shape index (κ2) is 41.7. The number of rotatable bonds is 40. The number of phosphoric ester groups is 1. The molecule has 13 heteroatoms. The summed E-state index contributed by atoms with van der Waals surface area (Å²) in [6.07, 6.45) is 50.3. The van der Waals surface area contributed by atoms with Crippen LogP contribution in [0.5, 0.6) is 0 Å². The van der Waals surface area contributed by atoms with Crippen molar-refractivity contribution in [2.75, 3.05) is 19.8 Å². The molecular weight excluding hydrogens is 797 g/mol. The number of aliphatic carboxylic acids is 1. The summed E-state index contributed by atoms with van der Waals surface area (Å²) in [5.41, 5.74) is 5.33. The van der Waals surface area contributed by atoms with E-state index in [0.29, 0.717) is 19.3 Å². The zero-order valence-electron chi connectivity index (χ0n) is 37.1. The molecule has 0 saturated heterocycles. The normalized spacial score (nSPS) is 15.1. The lowest BCUT2D eigenvalue weighted by atomic mass is 10.1. The molecule has 0 aromatic carbocycles. The van der Waals surface area contributed by atoms with Gasteiger partial charge in [0.05, 0.1) is 19.3 Å². The quantitative estimate of drug-likeness (QED) is 0.0197. The van der Waals surface area contributed by atoms with Gasteiger partial charge in [-0.05, 0) is 110 Å². The van der Waals surface area contributed by atoms with Gasteiger partial charge in [-0.3, -0.25) is 23.4 Å². The van der Waals surface area contributed by atoms with Gasteiger partial charge in [-0.25, -0.2) is 4.57 Å². The van der Waals surface area contributed by atoms with E-state index in [1.807, 2.05) is 19.1 Å². The maximum absolute atomic E-state index is 12.6. The zero-order valence-corrected chi connectivity index (χ0v) is 38.0. The molecule has 1 unspecified atom stereocenters. The van der Waals surface area contributed by atoms with Crippen molar-refractivity contribution in [2.45, 2.75) is 167 Å². The van der Waals surface area contributed by atoms with Crippen LogP contribution in [0.2, 0.25) is 0 Å². The third kappa shape index (κ3) is 42.8. The van der Waals surface area contributed by atoms with Crippen molar-refractivity contribution in [1.82, 2.24) is 0 Å². The summed E-state index contributed by atoms with van der Waals surface area (Å²) in [6, 6.07) is -1.54. The first kappa shape index (κ1) is 57.4. The van der Waals surface area contributed by atoms with E-state index < -0.39 is 57.7 Å². The lowest BCUT2D eigenvalue weighted by Gasteiger charge is -2.20. The summed E-state index contributed by atoms with van der Waals surface area (Å²) >= 11 is 0. The summed E-state index contributed by atoms with van der Waals surface area (Å²) in [5.74, 6) is -2.53. The van der Waals surface area contributed by atoms with Crippen LogP contribution >= 0.6 is 7.82 Å². The lowest BCUT2D eigenvalue weighted by Crippen LogP contribution is -2.34. The summed E-state index contributed by atoms with van der Waals surface area (Å²) in [4.78, 5) is 46.0. The number of nitrogens with two attached hydrogens (primary N) is 1. The Morgan fingerprint density at radius 2 is 1.00 bits per heavy atom. The smallest absolute Gasteiger partial charge is 0.472 e. The van der Waals surface area contributed by atoms with E-state index in [1.54, 1.807) is 0 Å². The average molecular weight is 876 g/mol. The van der Waals surface area contributed by atoms with Crippen molar-refractivity contribution in [2.24, 2.45) is 5.73 Å². The molecule has 0 aliphatic carbocycles. The minimum Gasteiger partial charge on any atom is -0.480 e. The number of hydrogen-bond donors (Lipinski definition) is 4. The average Bonchev–Trinajstić information content (AvgIpc) is 3.22. The fraction of sp³-hybridized carbons (Fsp3) is 0.604. The number of ether oxygens (including phenoxy) is 2. The van der Waals surface area contributed by atoms with Crippen LogP contribution in [0, 0.1) is 0 Å². The van der Waals surface area contributed by atoms with Gasteiger partial charge in [0.15, 0.2) is 6.10 Å². The van der Waals surface area contributed by atoms with Crippen LogP contribution in [0.25, 0.3) is 0 Å². The number of carbonyl (C=O) groups excluding carboxylic acids is 2. The fourth-order valence-corrected chi connectivity index (χ4v) is 6.07. The Morgan fingerprint density at radius 1 is 0.574 bits per heavy atom. The Morgan fingerprint density at radius 3 is 1.48 bits per heavy atom. The first-order valence-corrected chi connectivity index (χ1v) is 23.8. The molecule has 0 aliphatic rings.